The third-order valence-electron chi connectivity index (χ3n) is 5.43. The molecular weight excluding hydrogens is 381 g/mol. The van der Waals surface area contributed by atoms with Crippen LogP contribution in [0.25, 0.3) is 10.9 Å². The summed E-state index contributed by atoms with van der Waals surface area (Å²) in [6.07, 6.45) is 1.29. The molecule has 1 aromatic heterocycles. The van der Waals surface area contributed by atoms with E-state index in [1.165, 1.54) is 6.07 Å². The number of carboxylic acid groups (broad SMARTS) is 1. The van der Waals surface area contributed by atoms with E-state index in [1.54, 1.807) is 0 Å². The topological polar surface area (TPSA) is 79.5 Å². The lowest BCUT2D eigenvalue weighted by Gasteiger charge is -2.16. The average molecular weight is 401 g/mol. The molecule has 5 nitrogen and oxygen atoms in total. The highest BCUT2D eigenvalue weighted by molar-refractivity contribution is 7.79. The van der Waals surface area contributed by atoms with Gasteiger partial charge in [0.05, 0.1) is 16.8 Å². The van der Waals surface area contributed by atoms with Gasteiger partial charge in [0.15, 0.2) is 11.1 Å². The molecule has 0 saturated carbocycles. The van der Waals surface area contributed by atoms with Crippen LogP contribution in [0.4, 0.5) is 4.39 Å². The van der Waals surface area contributed by atoms with Crippen LogP contribution < -0.4 is 0 Å². The fourth-order valence-electron chi connectivity index (χ4n) is 4.27. The molecule has 4 rings (SSSR count). The first kappa shape index (κ1) is 18.8. The van der Waals surface area contributed by atoms with Crippen LogP contribution in [0.3, 0.4) is 0 Å². The minimum absolute atomic E-state index is 0.0166. The molecule has 0 bridgehead atoms. The first-order valence-corrected chi connectivity index (χ1v) is 10.2. The van der Waals surface area contributed by atoms with E-state index >= 15 is 0 Å². The molecule has 3 aromatic rings. The van der Waals surface area contributed by atoms with Crippen LogP contribution in [-0.2, 0) is 28.8 Å². The zero-order chi connectivity index (χ0) is 20.0. The van der Waals surface area contributed by atoms with Crippen LogP contribution in [0.2, 0.25) is 0 Å². The minimum atomic E-state index is -2.36. The number of rotatable bonds is 5. The highest BCUT2D eigenvalue weighted by Crippen LogP contribution is 2.43. The highest BCUT2D eigenvalue weighted by atomic mass is 32.2. The molecule has 1 heterocycles. The second-order valence-electron chi connectivity index (χ2n) is 7.32. The zero-order valence-electron chi connectivity index (χ0n) is 15.3. The average Bonchev–Trinajstić information content (AvgIpc) is 3.16. The number of fused-ring (bicyclic) bond motifs is 3. The van der Waals surface area contributed by atoms with E-state index in [9.17, 15) is 23.1 Å². The van der Waals surface area contributed by atoms with Crippen LogP contribution in [0, 0.1) is 12.7 Å². The standard InChI is InChI=1S/C21H20FNO4S/c1-12-2-4-13(5-3-12)11-23-20-14(8-19(24)25)6-7-16(20)17-9-15(22)10-18(21(17)23)28(26)27/h2-5,9-10,14H,6-8,11H2,1H3,(H,24,25)(H,26,27)/t14-/m1/s1. The van der Waals surface area contributed by atoms with Gasteiger partial charge in [0, 0.05) is 23.5 Å². The van der Waals surface area contributed by atoms with Crippen molar-refractivity contribution >= 4 is 28.0 Å². The lowest BCUT2D eigenvalue weighted by molar-refractivity contribution is -0.137. The van der Waals surface area contributed by atoms with Crippen LogP contribution in [0.15, 0.2) is 41.3 Å². The Hall–Kier alpha value is -2.51. The Balaban J connectivity index is 1.97. The number of benzene rings is 2. The molecule has 1 aliphatic carbocycles. The number of aliphatic carboxylic acids is 1. The smallest absolute Gasteiger partial charge is 0.304 e. The summed E-state index contributed by atoms with van der Waals surface area (Å²) in [6.45, 7) is 2.42. The number of aromatic nitrogens is 1. The van der Waals surface area contributed by atoms with Crippen molar-refractivity contribution < 1.29 is 23.1 Å². The van der Waals surface area contributed by atoms with Gasteiger partial charge in [-0.3, -0.25) is 4.79 Å². The molecule has 28 heavy (non-hydrogen) atoms. The maximum Gasteiger partial charge on any atom is 0.304 e. The fourth-order valence-corrected chi connectivity index (χ4v) is 4.87. The van der Waals surface area contributed by atoms with Crippen molar-refractivity contribution in [1.82, 2.24) is 4.57 Å². The van der Waals surface area contributed by atoms with Crippen LogP contribution in [0.1, 0.15) is 41.1 Å². The second kappa shape index (κ2) is 7.14. The van der Waals surface area contributed by atoms with Gasteiger partial charge in [0.2, 0.25) is 0 Å². The van der Waals surface area contributed by atoms with Crippen LogP contribution >= 0.6 is 0 Å². The molecule has 2 atom stereocenters. The first-order valence-electron chi connectivity index (χ1n) is 9.08. The first-order chi connectivity index (χ1) is 13.3. The Morgan fingerprint density at radius 1 is 1.29 bits per heavy atom. The van der Waals surface area contributed by atoms with Crippen molar-refractivity contribution in [2.24, 2.45) is 0 Å². The SMILES string of the molecule is Cc1ccc(Cn2c3c(c4cc(F)cc(S(=O)O)c42)CC[C@@H]3CC(=O)O)cc1. The quantitative estimate of drug-likeness (QED) is 0.628. The number of carbonyl (C=O) groups is 1. The molecule has 0 amide bonds. The predicted molar refractivity (Wildman–Crippen MR) is 105 cm³/mol. The maximum absolute atomic E-state index is 14.2. The Bertz CT molecular complexity index is 1100. The molecule has 0 aliphatic heterocycles. The Morgan fingerprint density at radius 2 is 2.00 bits per heavy atom. The van der Waals surface area contributed by atoms with Crippen molar-refractivity contribution in [1.29, 1.82) is 0 Å². The Labute approximate surface area is 164 Å². The van der Waals surface area contributed by atoms with E-state index in [1.807, 2.05) is 35.8 Å². The van der Waals surface area contributed by atoms with E-state index in [0.717, 1.165) is 28.5 Å². The fraction of sp³-hybridized carbons (Fsp3) is 0.286. The van der Waals surface area contributed by atoms with Crippen molar-refractivity contribution in [3.05, 3.63) is 64.6 Å². The summed E-state index contributed by atoms with van der Waals surface area (Å²) >= 11 is -2.36. The van der Waals surface area contributed by atoms with Crippen molar-refractivity contribution in [3.63, 3.8) is 0 Å². The molecular formula is C21H20FNO4S. The summed E-state index contributed by atoms with van der Waals surface area (Å²) in [6, 6.07) is 10.4. The molecule has 2 aromatic carbocycles. The molecule has 7 heteroatoms. The molecule has 1 unspecified atom stereocenters. The summed E-state index contributed by atoms with van der Waals surface area (Å²) < 4.78 is 37.8. The summed E-state index contributed by atoms with van der Waals surface area (Å²) in [5, 5.41) is 9.92. The number of aryl methyl sites for hydroxylation is 2. The highest BCUT2D eigenvalue weighted by Gasteiger charge is 2.33. The normalized spacial score (nSPS) is 17.0. The number of nitrogens with zero attached hydrogens (tertiary/aromatic N) is 1. The van der Waals surface area contributed by atoms with E-state index in [2.05, 4.69) is 0 Å². The van der Waals surface area contributed by atoms with Crippen LogP contribution in [0.5, 0.6) is 0 Å². The summed E-state index contributed by atoms with van der Waals surface area (Å²) in [4.78, 5) is 11.4. The Kier molecular flexibility index (Phi) is 4.81. The number of hydrogen-bond acceptors (Lipinski definition) is 2. The van der Waals surface area contributed by atoms with Gasteiger partial charge >= 0.3 is 5.97 Å². The van der Waals surface area contributed by atoms with E-state index in [-0.39, 0.29) is 17.2 Å². The maximum atomic E-state index is 14.2. The van der Waals surface area contributed by atoms with Gasteiger partial charge in [0.1, 0.15) is 5.82 Å². The van der Waals surface area contributed by atoms with Crippen molar-refractivity contribution in [2.75, 3.05) is 0 Å². The summed E-state index contributed by atoms with van der Waals surface area (Å²) in [5.41, 5.74) is 4.36. The van der Waals surface area contributed by atoms with Gasteiger partial charge in [-0.2, -0.15) is 0 Å². The minimum Gasteiger partial charge on any atom is -0.481 e. The van der Waals surface area contributed by atoms with Gasteiger partial charge in [-0.05, 0) is 43.0 Å². The lowest BCUT2D eigenvalue weighted by atomic mass is 10.0. The van der Waals surface area contributed by atoms with Crippen LogP contribution in [-0.4, -0.2) is 24.4 Å². The van der Waals surface area contributed by atoms with E-state index < -0.39 is 22.9 Å². The van der Waals surface area contributed by atoms with Crippen molar-refractivity contribution in [3.8, 4) is 0 Å². The molecule has 0 fully saturated rings. The largest absolute Gasteiger partial charge is 0.481 e. The van der Waals surface area contributed by atoms with E-state index in [0.29, 0.717) is 30.3 Å². The summed E-state index contributed by atoms with van der Waals surface area (Å²) in [7, 11) is 0. The molecule has 2 N–H and O–H groups in total. The van der Waals surface area contributed by atoms with Gasteiger partial charge in [0.25, 0.3) is 0 Å². The number of carboxylic acids is 1. The number of halogens is 1. The number of hydrogen-bond donors (Lipinski definition) is 2. The third-order valence-corrected chi connectivity index (χ3v) is 6.12. The second-order valence-corrected chi connectivity index (χ2v) is 8.26. The third kappa shape index (κ3) is 3.25. The molecule has 0 radical (unpaired) electrons. The molecule has 1 aliphatic rings. The molecule has 0 saturated heterocycles. The van der Waals surface area contributed by atoms with E-state index in [4.69, 9.17) is 0 Å². The van der Waals surface area contributed by atoms with Crippen molar-refractivity contribution in [2.45, 2.75) is 43.5 Å². The lowest BCUT2D eigenvalue weighted by Crippen LogP contribution is -2.11. The molecule has 0 spiro atoms. The molecule has 146 valence electrons. The van der Waals surface area contributed by atoms with Gasteiger partial charge < -0.3 is 14.2 Å². The summed E-state index contributed by atoms with van der Waals surface area (Å²) in [5.74, 6) is -1.66. The monoisotopic (exact) mass is 401 g/mol. The Morgan fingerprint density at radius 3 is 2.64 bits per heavy atom. The zero-order valence-corrected chi connectivity index (χ0v) is 16.1. The van der Waals surface area contributed by atoms with Gasteiger partial charge in [-0.15, -0.1) is 0 Å². The van der Waals surface area contributed by atoms with Gasteiger partial charge in [-0.1, -0.05) is 29.8 Å². The predicted octanol–water partition coefficient (Wildman–Crippen LogP) is 4.22. The van der Waals surface area contributed by atoms with Gasteiger partial charge in [-0.25, -0.2) is 8.60 Å².